The number of carbonyl (C=O) groups excluding carboxylic acids is 3. The molecule has 1 unspecified atom stereocenters. The van der Waals surface area contributed by atoms with Gasteiger partial charge in [-0.05, 0) is 116 Å². The fourth-order valence-corrected chi connectivity index (χ4v) is 9.20. The molecule has 0 rings (SSSR count). The van der Waals surface area contributed by atoms with Gasteiger partial charge in [0, 0.05) is 19.3 Å². The summed E-state index contributed by atoms with van der Waals surface area (Å²) in [5, 5.41) is 0. The third-order valence-electron chi connectivity index (χ3n) is 14.2. The first-order valence-corrected chi connectivity index (χ1v) is 33.5. The summed E-state index contributed by atoms with van der Waals surface area (Å²) in [5.74, 6) is -0.894. The molecular formula is C74H124O6. The SMILES string of the molecule is CC/C=C\C/C=C\C/C=C\C/C=C\C/C=C\C/C=C\C/C=C\CCCCCCCCCCCCCCCC(=O)OCC(COC(=O)CCCCCCCCCC)OC(=O)CCCCCCCC/C=C\C/C=C\C/C=C\CCCCC. The van der Waals surface area contributed by atoms with Gasteiger partial charge in [0.15, 0.2) is 6.10 Å². The van der Waals surface area contributed by atoms with Crippen LogP contribution < -0.4 is 0 Å². The highest BCUT2D eigenvalue weighted by molar-refractivity contribution is 5.71. The van der Waals surface area contributed by atoms with Crippen molar-refractivity contribution in [2.24, 2.45) is 0 Å². The number of rotatable bonds is 60. The Hall–Kier alpha value is -4.19. The summed E-state index contributed by atoms with van der Waals surface area (Å²) in [7, 11) is 0. The van der Waals surface area contributed by atoms with E-state index in [1.807, 2.05) is 0 Å². The van der Waals surface area contributed by atoms with Gasteiger partial charge in [0.05, 0.1) is 0 Å². The maximum Gasteiger partial charge on any atom is 0.306 e. The molecule has 0 spiro atoms. The van der Waals surface area contributed by atoms with Crippen LogP contribution in [0.1, 0.15) is 310 Å². The lowest BCUT2D eigenvalue weighted by Crippen LogP contribution is -2.30. The molecule has 0 aromatic rings. The largest absolute Gasteiger partial charge is 0.462 e. The molecule has 0 saturated carbocycles. The fraction of sp³-hybridized carbons (Fsp3) is 0.689. The Morgan fingerprint density at radius 3 is 0.787 bits per heavy atom. The van der Waals surface area contributed by atoms with E-state index in [9.17, 15) is 14.4 Å². The average molecular weight is 1110 g/mol. The lowest BCUT2D eigenvalue weighted by Gasteiger charge is -2.18. The van der Waals surface area contributed by atoms with Gasteiger partial charge in [0.2, 0.25) is 0 Å². The lowest BCUT2D eigenvalue weighted by atomic mass is 10.0. The molecule has 0 radical (unpaired) electrons. The maximum absolute atomic E-state index is 12.9. The molecule has 0 amide bonds. The van der Waals surface area contributed by atoms with Gasteiger partial charge in [-0.25, -0.2) is 0 Å². The Labute approximate surface area is 494 Å². The zero-order valence-electron chi connectivity index (χ0n) is 52.3. The van der Waals surface area contributed by atoms with Crippen molar-refractivity contribution in [2.75, 3.05) is 13.2 Å². The predicted octanol–water partition coefficient (Wildman–Crippen LogP) is 23.2. The Balaban J connectivity index is 4.12. The van der Waals surface area contributed by atoms with Crippen LogP contribution in [0.2, 0.25) is 0 Å². The highest BCUT2D eigenvalue weighted by Crippen LogP contribution is 2.16. The molecular weight excluding hydrogens is 985 g/mol. The fourth-order valence-electron chi connectivity index (χ4n) is 9.20. The molecule has 1 atom stereocenters. The minimum atomic E-state index is -0.785. The summed E-state index contributed by atoms with van der Waals surface area (Å²) >= 11 is 0. The van der Waals surface area contributed by atoms with E-state index in [-0.39, 0.29) is 31.1 Å². The summed E-state index contributed by atoms with van der Waals surface area (Å²) in [6.07, 6.45) is 93.7. The number of ether oxygens (including phenoxy) is 3. The molecule has 0 aromatic heterocycles. The number of unbranched alkanes of at least 4 members (excludes halogenated alkanes) is 29. The van der Waals surface area contributed by atoms with Gasteiger partial charge in [-0.2, -0.15) is 0 Å². The van der Waals surface area contributed by atoms with Gasteiger partial charge < -0.3 is 14.2 Å². The Kier molecular flexibility index (Phi) is 63.8. The predicted molar refractivity (Wildman–Crippen MR) is 348 cm³/mol. The molecule has 6 nitrogen and oxygen atoms in total. The number of esters is 3. The molecule has 0 aliphatic heterocycles. The summed E-state index contributed by atoms with van der Waals surface area (Å²) < 4.78 is 16.9. The standard InChI is InChI=1S/C74H124O6/c1-4-7-10-13-16-19-21-23-25-27-29-30-31-32-33-34-35-36-37-38-39-40-41-42-43-44-46-47-49-51-53-55-58-61-64-67-73(76)79-70-71(69-78-72(75)66-63-60-57-18-15-12-9-6-3)80-74(77)68-65-62-59-56-54-52-50-48-45-28-26-24-22-20-17-14-11-8-5-2/h7,10,16-17,19-20,23-26,29-30,32-33,35-36,38-39,45,48,71H,4-6,8-9,11-15,18,21-22,27-28,31,34,37,40-44,46-47,49-70H2,1-3H3/b10-7-,19-16-,20-17-,25-23-,26-24-,30-29-,33-32-,36-35-,39-38-,48-45-. The second-order valence-corrected chi connectivity index (χ2v) is 22.0. The first-order valence-electron chi connectivity index (χ1n) is 33.5. The van der Waals surface area contributed by atoms with Crippen molar-refractivity contribution in [3.05, 3.63) is 122 Å². The Bertz CT molecular complexity index is 1650. The van der Waals surface area contributed by atoms with E-state index in [2.05, 4.69) is 142 Å². The molecule has 6 heteroatoms. The first-order chi connectivity index (χ1) is 39.5. The van der Waals surface area contributed by atoms with Crippen molar-refractivity contribution < 1.29 is 28.6 Å². The highest BCUT2D eigenvalue weighted by atomic mass is 16.6. The quantitative estimate of drug-likeness (QED) is 0.0261. The average Bonchev–Trinajstić information content (AvgIpc) is 3.46. The van der Waals surface area contributed by atoms with E-state index in [4.69, 9.17) is 14.2 Å². The van der Waals surface area contributed by atoms with Crippen molar-refractivity contribution in [2.45, 2.75) is 316 Å². The summed E-state index contributed by atoms with van der Waals surface area (Å²) in [6.45, 7) is 6.47. The third kappa shape index (κ3) is 64.6. The van der Waals surface area contributed by atoms with E-state index in [0.717, 1.165) is 128 Å². The minimum absolute atomic E-state index is 0.0821. The molecule has 456 valence electrons. The van der Waals surface area contributed by atoms with Crippen LogP contribution in [0.4, 0.5) is 0 Å². The van der Waals surface area contributed by atoms with Gasteiger partial charge >= 0.3 is 17.9 Å². The topological polar surface area (TPSA) is 78.9 Å². The van der Waals surface area contributed by atoms with E-state index in [1.54, 1.807) is 0 Å². The first kappa shape index (κ1) is 75.8. The zero-order valence-corrected chi connectivity index (χ0v) is 52.3. The molecule has 0 aliphatic rings. The van der Waals surface area contributed by atoms with Gasteiger partial charge in [-0.15, -0.1) is 0 Å². The molecule has 0 bridgehead atoms. The molecule has 0 aliphatic carbocycles. The van der Waals surface area contributed by atoms with E-state index < -0.39 is 6.10 Å². The van der Waals surface area contributed by atoms with Crippen LogP contribution >= 0.6 is 0 Å². The number of allylic oxidation sites excluding steroid dienone is 20. The van der Waals surface area contributed by atoms with Crippen LogP contribution in [0, 0.1) is 0 Å². The van der Waals surface area contributed by atoms with E-state index >= 15 is 0 Å². The van der Waals surface area contributed by atoms with Crippen LogP contribution in [0.25, 0.3) is 0 Å². The van der Waals surface area contributed by atoms with Crippen LogP contribution in [-0.2, 0) is 28.6 Å². The number of hydrogen-bond donors (Lipinski definition) is 0. The van der Waals surface area contributed by atoms with Crippen molar-refractivity contribution in [3.63, 3.8) is 0 Å². The summed E-state index contributed by atoms with van der Waals surface area (Å²) in [6, 6.07) is 0. The highest BCUT2D eigenvalue weighted by Gasteiger charge is 2.19. The lowest BCUT2D eigenvalue weighted by molar-refractivity contribution is -0.167. The Morgan fingerprint density at radius 2 is 0.487 bits per heavy atom. The monoisotopic (exact) mass is 1110 g/mol. The molecule has 0 N–H and O–H groups in total. The molecule has 0 aromatic carbocycles. The van der Waals surface area contributed by atoms with Crippen molar-refractivity contribution >= 4 is 17.9 Å². The number of carbonyl (C=O) groups is 3. The third-order valence-corrected chi connectivity index (χ3v) is 14.2. The van der Waals surface area contributed by atoms with Crippen molar-refractivity contribution in [3.8, 4) is 0 Å². The van der Waals surface area contributed by atoms with Crippen LogP contribution in [-0.4, -0.2) is 37.2 Å². The van der Waals surface area contributed by atoms with Crippen molar-refractivity contribution in [1.29, 1.82) is 0 Å². The van der Waals surface area contributed by atoms with E-state index in [1.165, 1.54) is 141 Å². The van der Waals surface area contributed by atoms with Crippen LogP contribution in [0.15, 0.2) is 122 Å². The normalized spacial score (nSPS) is 12.9. The van der Waals surface area contributed by atoms with Gasteiger partial charge in [0.25, 0.3) is 0 Å². The summed E-state index contributed by atoms with van der Waals surface area (Å²) in [4.78, 5) is 38.2. The molecule has 0 fully saturated rings. The van der Waals surface area contributed by atoms with Crippen LogP contribution in [0.5, 0.6) is 0 Å². The zero-order chi connectivity index (χ0) is 57.8. The van der Waals surface area contributed by atoms with E-state index in [0.29, 0.717) is 19.3 Å². The van der Waals surface area contributed by atoms with Crippen molar-refractivity contribution in [1.82, 2.24) is 0 Å². The number of hydrogen-bond acceptors (Lipinski definition) is 6. The molecule has 0 heterocycles. The maximum atomic E-state index is 12.9. The minimum Gasteiger partial charge on any atom is -0.462 e. The molecule has 0 saturated heterocycles. The second-order valence-electron chi connectivity index (χ2n) is 22.0. The molecule has 80 heavy (non-hydrogen) atoms. The van der Waals surface area contributed by atoms with Crippen LogP contribution in [0.3, 0.4) is 0 Å². The smallest absolute Gasteiger partial charge is 0.306 e. The summed E-state index contributed by atoms with van der Waals surface area (Å²) in [5.41, 5.74) is 0. The second kappa shape index (κ2) is 67.3. The van der Waals surface area contributed by atoms with Gasteiger partial charge in [-0.1, -0.05) is 296 Å². The van der Waals surface area contributed by atoms with Gasteiger partial charge in [0.1, 0.15) is 13.2 Å². The Morgan fingerprint density at radius 1 is 0.263 bits per heavy atom. The van der Waals surface area contributed by atoms with Gasteiger partial charge in [-0.3, -0.25) is 14.4 Å².